The fraction of sp³-hybridized carbons (Fsp3) is 0.308. The number of anilines is 2. The lowest BCUT2D eigenvalue weighted by molar-refractivity contribution is 0.833. The number of nitrogens with two attached hydrogens (primary N) is 1. The number of hydrazine groups is 1. The summed E-state index contributed by atoms with van der Waals surface area (Å²) in [5, 5.41) is 0.700. The lowest BCUT2D eigenvalue weighted by Gasteiger charge is -2.19. The minimum absolute atomic E-state index is 0.620. The molecule has 6 nitrogen and oxygen atoms in total. The first-order chi connectivity index (χ1) is 9.72. The Balaban J connectivity index is 2.06. The van der Waals surface area contributed by atoms with Gasteiger partial charge in [0, 0.05) is 32.1 Å². The molecule has 0 saturated carbocycles. The Morgan fingerprint density at radius 3 is 2.70 bits per heavy atom. The molecule has 106 valence electrons. The molecular weight excluding hydrogens is 272 g/mol. The van der Waals surface area contributed by atoms with Crippen LogP contribution >= 0.6 is 11.8 Å². The van der Waals surface area contributed by atoms with Crippen molar-refractivity contribution < 1.29 is 0 Å². The third kappa shape index (κ3) is 3.82. The first-order valence-corrected chi connectivity index (χ1v) is 7.45. The van der Waals surface area contributed by atoms with Gasteiger partial charge in [0.1, 0.15) is 11.6 Å². The number of pyridine rings is 1. The van der Waals surface area contributed by atoms with E-state index in [9.17, 15) is 0 Å². The fourth-order valence-corrected chi connectivity index (χ4v) is 2.11. The van der Waals surface area contributed by atoms with E-state index in [0.717, 1.165) is 18.8 Å². The van der Waals surface area contributed by atoms with Crippen LogP contribution in [0.15, 0.2) is 35.7 Å². The van der Waals surface area contributed by atoms with Gasteiger partial charge in [0.15, 0.2) is 5.16 Å². The molecule has 0 atom stereocenters. The molecule has 2 heterocycles. The highest BCUT2D eigenvalue weighted by molar-refractivity contribution is 7.98. The molecule has 2 rings (SSSR count). The Kier molecular flexibility index (Phi) is 5.14. The van der Waals surface area contributed by atoms with Gasteiger partial charge in [-0.2, -0.15) is 0 Å². The van der Waals surface area contributed by atoms with Crippen molar-refractivity contribution in [3.8, 4) is 0 Å². The Labute approximate surface area is 122 Å². The topological polar surface area (TPSA) is 80.0 Å². The van der Waals surface area contributed by atoms with E-state index < -0.39 is 0 Å². The maximum atomic E-state index is 5.43. The van der Waals surface area contributed by atoms with Crippen LogP contribution < -0.4 is 16.2 Å². The number of hydrogen-bond donors (Lipinski definition) is 2. The van der Waals surface area contributed by atoms with Gasteiger partial charge in [0.2, 0.25) is 0 Å². The molecule has 0 spiro atoms. The predicted molar refractivity (Wildman–Crippen MR) is 82.8 cm³/mol. The summed E-state index contributed by atoms with van der Waals surface area (Å²) in [6.07, 6.45) is 6.49. The van der Waals surface area contributed by atoms with Crippen LogP contribution in [0.1, 0.15) is 5.56 Å². The molecule has 7 heteroatoms. The molecule has 0 saturated heterocycles. The highest BCUT2D eigenvalue weighted by Crippen LogP contribution is 2.19. The van der Waals surface area contributed by atoms with Gasteiger partial charge in [-0.3, -0.25) is 4.98 Å². The van der Waals surface area contributed by atoms with Gasteiger partial charge in [0.25, 0.3) is 0 Å². The Morgan fingerprint density at radius 2 is 2.05 bits per heavy atom. The maximum absolute atomic E-state index is 5.43. The molecular formula is C13H18N6S. The van der Waals surface area contributed by atoms with Crippen LogP contribution in [0.25, 0.3) is 0 Å². The minimum Gasteiger partial charge on any atom is -0.359 e. The van der Waals surface area contributed by atoms with E-state index in [2.05, 4.69) is 25.3 Å². The second-order valence-electron chi connectivity index (χ2n) is 4.27. The van der Waals surface area contributed by atoms with Crippen LogP contribution in [-0.4, -0.2) is 34.8 Å². The van der Waals surface area contributed by atoms with Gasteiger partial charge in [0.05, 0.1) is 0 Å². The number of rotatable bonds is 6. The van der Waals surface area contributed by atoms with Crippen LogP contribution in [0.4, 0.5) is 11.6 Å². The van der Waals surface area contributed by atoms with Gasteiger partial charge < -0.3 is 10.3 Å². The molecule has 2 aromatic heterocycles. The number of hydrogen-bond acceptors (Lipinski definition) is 7. The van der Waals surface area contributed by atoms with Crippen LogP contribution in [0.3, 0.4) is 0 Å². The Bertz CT molecular complexity index is 526. The third-order valence-corrected chi connectivity index (χ3v) is 3.45. The first-order valence-electron chi connectivity index (χ1n) is 6.22. The highest BCUT2D eigenvalue weighted by atomic mass is 32.2. The van der Waals surface area contributed by atoms with Gasteiger partial charge in [-0.1, -0.05) is 11.8 Å². The maximum Gasteiger partial charge on any atom is 0.191 e. The number of likely N-dealkylation sites (N-methyl/N-ethyl adjacent to an activating group) is 1. The number of nitrogens with zero attached hydrogens (tertiary/aromatic N) is 4. The number of nitrogen functional groups attached to an aromatic ring is 1. The van der Waals surface area contributed by atoms with E-state index in [1.54, 1.807) is 0 Å². The van der Waals surface area contributed by atoms with Crippen LogP contribution in [0.2, 0.25) is 0 Å². The zero-order valence-electron chi connectivity index (χ0n) is 11.6. The predicted octanol–water partition coefficient (Wildman–Crippen LogP) is 1.56. The molecule has 0 aliphatic heterocycles. The summed E-state index contributed by atoms with van der Waals surface area (Å²) in [4.78, 5) is 14.8. The molecule has 0 aliphatic rings. The molecule has 2 aromatic rings. The third-order valence-electron chi connectivity index (χ3n) is 2.90. The van der Waals surface area contributed by atoms with E-state index in [-0.39, 0.29) is 0 Å². The van der Waals surface area contributed by atoms with Crippen LogP contribution in [-0.2, 0) is 6.42 Å². The zero-order chi connectivity index (χ0) is 14.4. The van der Waals surface area contributed by atoms with Crippen LogP contribution in [0.5, 0.6) is 0 Å². The average Bonchev–Trinajstić information content (AvgIpc) is 2.52. The van der Waals surface area contributed by atoms with Crippen molar-refractivity contribution in [1.82, 2.24) is 15.0 Å². The quantitative estimate of drug-likeness (QED) is 0.362. The highest BCUT2D eigenvalue weighted by Gasteiger charge is 2.08. The molecule has 3 N–H and O–H groups in total. The van der Waals surface area contributed by atoms with E-state index in [1.807, 2.05) is 43.9 Å². The molecule has 0 aromatic carbocycles. The molecule has 0 fully saturated rings. The summed E-state index contributed by atoms with van der Waals surface area (Å²) in [5.74, 6) is 6.91. The number of nitrogens with one attached hydrogen (secondary N) is 1. The van der Waals surface area contributed by atoms with E-state index in [0.29, 0.717) is 11.0 Å². The standard InChI is InChI=1S/C13H18N6S/c1-19(8-5-10-3-6-15-7-4-10)12-9-11(18-14)16-13(17-12)20-2/h3-4,6-7,9H,5,8,14H2,1-2H3,(H,16,17,18). The van der Waals surface area contributed by atoms with Crippen molar-refractivity contribution in [1.29, 1.82) is 0 Å². The van der Waals surface area contributed by atoms with E-state index in [1.165, 1.54) is 17.3 Å². The van der Waals surface area contributed by atoms with Crippen molar-refractivity contribution in [2.24, 2.45) is 5.84 Å². The first kappa shape index (κ1) is 14.5. The summed E-state index contributed by atoms with van der Waals surface area (Å²) >= 11 is 1.49. The van der Waals surface area contributed by atoms with Gasteiger partial charge in [-0.15, -0.1) is 0 Å². The summed E-state index contributed by atoms with van der Waals surface area (Å²) in [6.45, 7) is 0.860. The van der Waals surface area contributed by atoms with Gasteiger partial charge in [-0.05, 0) is 30.4 Å². The summed E-state index contributed by atoms with van der Waals surface area (Å²) in [6, 6.07) is 5.88. The molecule has 0 radical (unpaired) electrons. The SMILES string of the molecule is CSc1nc(NN)cc(N(C)CCc2ccncc2)n1. The van der Waals surface area contributed by atoms with Crippen LogP contribution in [0, 0.1) is 0 Å². The molecule has 0 amide bonds. The summed E-state index contributed by atoms with van der Waals surface area (Å²) in [7, 11) is 2.01. The lowest BCUT2D eigenvalue weighted by Crippen LogP contribution is -2.22. The second kappa shape index (κ2) is 7.06. The Morgan fingerprint density at radius 1 is 1.30 bits per heavy atom. The van der Waals surface area contributed by atoms with Crippen molar-refractivity contribution in [2.45, 2.75) is 11.6 Å². The van der Waals surface area contributed by atoms with Crippen molar-refractivity contribution >= 4 is 23.4 Å². The largest absolute Gasteiger partial charge is 0.359 e. The van der Waals surface area contributed by atoms with Crippen molar-refractivity contribution in [3.63, 3.8) is 0 Å². The van der Waals surface area contributed by atoms with Crippen molar-refractivity contribution in [3.05, 3.63) is 36.2 Å². The van der Waals surface area contributed by atoms with Gasteiger partial charge in [-0.25, -0.2) is 15.8 Å². The van der Waals surface area contributed by atoms with Gasteiger partial charge >= 0.3 is 0 Å². The monoisotopic (exact) mass is 290 g/mol. The van der Waals surface area contributed by atoms with E-state index >= 15 is 0 Å². The minimum atomic E-state index is 0.620. The van der Waals surface area contributed by atoms with Crippen molar-refractivity contribution in [2.75, 3.05) is 30.2 Å². The van der Waals surface area contributed by atoms with E-state index in [4.69, 9.17) is 5.84 Å². The molecule has 20 heavy (non-hydrogen) atoms. The zero-order valence-corrected chi connectivity index (χ0v) is 12.4. The lowest BCUT2D eigenvalue weighted by atomic mass is 10.2. The summed E-state index contributed by atoms with van der Waals surface area (Å²) in [5.41, 5.74) is 3.82. The number of thioether (sulfide) groups is 1. The second-order valence-corrected chi connectivity index (χ2v) is 5.04. The molecule has 0 unspecified atom stereocenters. The summed E-state index contributed by atoms with van der Waals surface area (Å²) < 4.78 is 0. The smallest absolute Gasteiger partial charge is 0.191 e. The molecule has 0 aliphatic carbocycles. The molecule has 0 bridgehead atoms. The number of aromatic nitrogens is 3. The average molecular weight is 290 g/mol. The normalized spacial score (nSPS) is 10.3. The fourth-order valence-electron chi connectivity index (χ4n) is 1.73. The Hall–Kier alpha value is -1.86.